The first-order valence-corrected chi connectivity index (χ1v) is 7.70. The van der Waals surface area contributed by atoms with E-state index in [1.807, 2.05) is 0 Å². The van der Waals surface area contributed by atoms with Crippen LogP contribution in [0.25, 0.3) is 11.3 Å². The van der Waals surface area contributed by atoms with Crippen molar-refractivity contribution in [3.8, 4) is 11.3 Å². The number of imidazole rings is 1. The molecule has 3 nitrogen and oxygen atoms in total. The summed E-state index contributed by atoms with van der Waals surface area (Å²) < 4.78 is 77.6. The van der Waals surface area contributed by atoms with Gasteiger partial charge in [0.05, 0.1) is 23.0 Å². The summed E-state index contributed by atoms with van der Waals surface area (Å²) >= 11 is 0. The Hall–Kier alpha value is -2.03. The number of aromatic amines is 1. The van der Waals surface area contributed by atoms with Gasteiger partial charge in [-0.05, 0) is 37.6 Å². The second kappa shape index (κ2) is 6.36. The molecule has 1 saturated heterocycles. The maximum absolute atomic E-state index is 12.9. The highest BCUT2D eigenvalue weighted by atomic mass is 19.4. The van der Waals surface area contributed by atoms with E-state index in [4.69, 9.17) is 0 Å². The number of H-pyrrole nitrogens is 1. The van der Waals surface area contributed by atoms with Crippen molar-refractivity contribution in [2.24, 2.45) is 0 Å². The number of hydrogen-bond donors (Lipinski definition) is 2. The zero-order valence-corrected chi connectivity index (χ0v) is 12.9. The third-order valence-corrected chi connectivity index (χ3v) is 4.13. The molecule has 0 amide bonds. The number of benzene rings is 1. The van der Waals surface area contributed by atoms with Crippen LogP contribution in [-0.2, 0) is 18.8 Å². The van der Waals surface area contributed by atoms with Gasteiger partial charge < -0.3 is 10.3 Å². The fourth-order valence-corrected chi connectivity index (χ4v) is 2.89. The number of aromatic nitrogens is 2. The topological polar surface area (TPSA) is 40.7 Å². The highest BCUT2D eigenvalue weighted by Gasteiger charge is 2.37. The molecular weight excluding hydrogens is 348 g/mol. The number of alkyl halides is 6. The molecule has 1 aliphatic rings. The zero-order chi connectivity index (χ0) is 18.2. The van der Waals surface area contributed by atoms with Gasteiger partial charge >= 0.3 is 12.4 Å². The molecule has 2 heterocycles. The molecule has 0 radical (unpaired) electrons. The maximum Gasteiger partial charge on any atom is 0.416 e. The molecule has 25 heavy (non-hydrogen) atoms. The zero-order valence-electron chi connectivity index (χ0n) is 12.9. The minimum atomic E-state index is -4.87. The van der Waals surface area contributed by atoms with Crippen molar-refractivity contribution in [1.29, 1.82) is 0 Å². The van der Waals surface area contributed by atoms with E-state index in [2.05, 4.69) is 15.3 Å². The van der Waals surface area contributed by atoms with Gasteiger partial charge in [0.25, 0.3) is 0 Å². The van der Waals surface area contributed by atoms with Crippen LogP contribution in [-0.4, -0.2) is 22.6 Å². The molecule has 0 unspecified atom stereocenters. The lowest BCUT2D eigenvalue weighted by atomic mass is 10.0. The monoisotopic (exact) mass is 363 g/mol. The van der Waals surface area contributed by atoms with Crippen LogP contribution in [0, 0.1) is 0 Å². The van der Waals surface area contributed by atoms with E-state index in [0.29, 0.717) is 24.4 Å². The molecule has 2 N–H and O–H groups in total. The van der Waals surface area contributed by atoms with E-state index in [-0.39, 0.29) is 23.4 Å². The summed E-state index contributed by atoms with van der Waals surface area (Å²) in [5.74, 6) is 0.528. The lowest BCUT2D eigenvalue weighted by Gasteiger charge is -2.13. The molecule has 2 aromatic rings. The molecule has 0 spiro atoms. The molecule has 0 saturated carbocycles. The molecule has 0 aliphatic carbocycles. The van der Waals surface area contributed by atoms with Gasteiger partial charge in [0.2, 0.25) is 0 Å². The Bertz CT molecular complexity index is 709. The first-order valence-electron chi connectivity index (χ1n) is 7.70. The molecule has 136 valence electrons. The minimum absolute atomic E-state index is 0.114. The fourth-order valence-electron chi connectivity index (χ4n) is 2.89. The van der Waals surface area contributed by atoms with Gasteiger partial charge in [-0.1, -0.05) is 0 Å². The Morgan fingerprint density at radius 3 is 2.16 bits per heavy atom. The number of nitrogens with zero attached hydrogens (tertiary/aromatic N) is 1. The van der Waals surface area contributed by atoms with Crippen molar-refractivity contribution >= 4 is 0 Å². The minimum Gasteiger partial charge on any atom is -0.342 e. The summed E-state index contributed by atoms with van der Waals surface area (Å²) in [7, 11) is 0. The Kier molecular flexibility index (Phi) is 4.52. The third-order valence-electron chi connectivity index (χ3n) is 4.13. The number of hydrogen-bond acceptors (Lipinski definition) is 2. The largest absolute Gasteiger partial charge is 0.416 e. The van der Waals surface area contributed by atoms with Gasteiger partial charge in [-0.3, -0.25) is 0 Å². The first kappa shape index (κ1) is 17.8. The summed E-state index contributed by atoms with van der Waals surface area (Å²) in [6.07, 6.45) is -5.94. The molecule has 1 aromatic carbocycles. The van der Waals surface area contributed by atoms with E-state index in [1.54, 1.807) is 0 Å². The van der Waals surface area contributed by atoms with Gasteiger partial charge in [-0.25, -0.2) is 4.98 Å². The highest BCUT2D eigenvalue weighted by Crippen LogP contribution is 2.38. The van der Waals surface area contributed by atoms with Crippen LogP contribution in [0.2, 0.25) is 0 Å². The van der Waals surface area contributed by atoms with Gasteiger partial charge in [-0.2, -0.15) is 26.3 Å². The summed E-state index contributed by atoms with van der Waals surface area (Å²) in [5, 5.41) is 3.25. The lowest BCUT2D eigenvalue weighted by molar-refractivity contribution is -0.143. The van der Waals surface area contributed by atoms with E-state index >= 15 is 0 Å². The van der Waals surface area contributed by atoms with Crippen LogP contribution in [0.15, 0.2) is 24.4 Å². The normalized spacial score (nSPS) is 18.7. The molecule has 9 heteroatoms. The maximum atomic E-state index is 12.9. The standard InChI is InChI=1S/C16H15F6N3/c17-15(18,19)10-4-9(5-11(6-10)16(20,21)22)13-8-24-14(25-13)7-12-2-1-3-23-12/h4-6,8,12,23H,1-3,7H2,(H,24,25)/t12-/m1/s1. The van der Waals surface area contributed by atoms with Crippen LogP contribution in [0.4, 0.5) is 26.3 Å². The predicted octanol–water partition coefficient (Wildman–Crippen LogP) is 4.41. The van der Waals surface area contributed by atoms with Crippen molar-refractivity contribution in [3.05, 3.63) is 41.3 Å². The predicted molar refractivity (Wildman–Crippen MR) is 78.8 cm³/mol. The van der Waals surface area contributed by atoms with E-state index in [1.165, 1.54) is 6.20 Å². The number of halogens is 6. The fraction of sp³-hybridized carbons (Fsp3) is 0.438. The summed E-state index contributed by atoms with van der Waals surface area (Å²) in [4.78, 5) is 6.91. The number of rotatable bonds is 3. The average molecular weight is 363 g/mol. The van der Waals surface area contributed by atoms with Crippen LogP contribution >= 0.6 is 0 Å². The molecular formula is C16H15F6N3. The first-order chi connectivity index (χ1) is 11.6. The Labute approximate surface area is 139 Å². The summed E-state index contributed by atoms with van der Waals surface area (Å²) in [6, 6.07) is 1.72. The second-order valence-corrected chi connectivity index (χ2v) is 6.04. The van der Waals surface area contributed by atoms with Crippen LogP contribution < -0.4 is 5.32 Å². The Morgan fingerprint density at radius 2 is 1.64 bits per heavy atom. The van der Waals surface area contributed by atoms with Crippen molar-refractivity contribution in [1.82, 2.24) is 15.3 Å². The van der Waals surface area contributed by atoms with Gasteiger partial charge in [0.15, 0.2) is 0 Å². The summed E-state index contributed by atoms with van der Waals surface area (Å²) in [6.45, 7) is 0.890. The van der Waals surface area contributed by atoms with Crippen LogP contribution in [0.3, 0.4) is 0 Å². The van der Waals surface area contributed by atoms with Crippen molar-refractivity contribution in [3.63, 3.8) is 0 Å². The summed E-state index contributed by atoms with van der Waals surface area (Å²) in [5.41, 5.74) is -2.75. The van der Waals surface area contributed by atoms with Gasteiger partial charge in [0, 0.05) is 18.0 Å². The SMILES string of the molecule is FC(F)(F)c1cc(-c2cnc(C[C@H]3CCCN3)[nH]2)cc(C(F)(F)F)c1. The van der Waals surface area contributed by atoms with Crippen molar-refractivity contribution < 1.29 is 26.3 Å². The molecule has 1 aromatic heterocycles. The Morgan fingerprint density at radius 1 is 1.00 bits per heavy atom. The molecule has 1 fully saturated rings. The van der Waals surface area contributed by atoms with Gasteiger partial charge in [-0.15, -0.1) is 0 Å². The average Bonchev–Trinajstić information content (AvgIpc) is 3.17. The van der Waals surface area contributed by atoms with Crippen LogP contribution in [0.5, 0.6) is 0 Å². The smallest absolute Gasteiger partial charge is 0.342 e. The third kappa shape index (κ3) is 4.15. The number of nitrogens with one attached hydrogen (secondary N) is 2. The van der Waals surface area contributed by atoms with E-state index in [0.717, 1.165) is 19.4 Å². The Balaban J connectivity index is 1.94. The quantitative estimate of drug-likeness (QED) is 0.793. The highest BCUT2D eigenvalue weighted by molar-refractivity contribution is 5.61. The van der Waals surface area contributed by atoms with E-state index < -0.39 is 23.5 Å². The van der Waals surface area contributed by atoms with Crippen molar-refractivity contribution in [2.75, 3.05) is 6.54 Å². The molecule has 3 rings (SSSR count). The second-order valence-electron chi connectivity index (χ2n) is 6.04. The van der Waals surface area contributed by atoms with E-state index in [9.17, 15) is 26.3 Å². The van der Waals surface area contributed by atoms with Crippen molar-refractivity contribution in [2.45, 2.75) is 37.7 Å². The lowest BCUT2D eigenvalue weighted by Crippen LogP contribution is -2.24. The molecule has 1 aliphatic heterocycles. The molecule has 1 atom stereocenters. The van der Waals surface area contributed by atoms with Gasteiger partial charge in [0.1, 0.15) is 5.82 Å². The molecule has 0 bridgehead atoms. The van der Waals surface area contributed by atoms with Crippen LogP contribution in [0.1, 0.15) is 29.8 Å².